The molecule has 8 heteroatoms. The molecule has 2 heterocycles. The zero-order valence-corrected chi connectivity index (χ0v) is 13.6. The quantitative estimate of drug-likeness (QED) is 0.851. The Morgan fingerprint density at radius 1 is 1.52 bits per heavy atom. The first-order chi connectivity index (χ1) is 10.7. The summed E-state index contributed by atoms with van der Waals surface area (Å²) in [4.78, 5) is 13.9. The van der Waals surface area contributed by atoms with E-state index in [2.05, 4.69) is 5.10 Å². The van der Waals surface area contributed by atoms with Crippen LogP contribution in [0, 0.1) is 5.92 Å². The lowest BCUT2D eigenvalue weighted by molar-refractivity contribution is -0.147. The molecule has 1 fully saturated rings. The number of aromatic nitrogens is 2. The molecule has 0 spiro atoms. The molecule has 0 bridgehead atoms. The first-order valence-corrected chi connectivity index (χ1v) is 7.70. The van der Waals surface area contributed by atoms with E-state index < -0.39 is 11.9 Å². The van der Waals surface area contributed by atoms with Crippen molar-refractivity contribution < 1.29 is 22.7 Å². The molecule has 2 rings (SSSR count). The highest BCUT2D eigenvalue weighted by Crippen LogP contribution is 2.31. The minimum Gasteiger partial charge on any atom is -0.377 e. The number of ether oxygens (including phenoxy) is 1. The Bertz CT molecular complexity index is 557. The van der Waals surface area contributed by atoms with Gasteiger partial charge in [-0.2, -0.15) is 18.3 Å². The van der Waals surface area contributed by atoms with Crippen LogP contribution in [0.25, 0.3) is 0 Å². The van der Waals surface area contributed by atoms with Crippen LogP contribution in [0.15, 0.2) is 6.20 Å². The molecule has 2 atom stereocenters. The maximum Gasteiger partial charge on any atom is 0.435 e. The van der Waals surface area contributed by atoms with Crippen LogP contribution < -0.4 is 0 Å². The van der Waals surface area contributed by atoms with Gasteiger partial charge in [-0.05, 0) is 19.3 Å². The molecule has 1 aromatic heterocycles. The Labute approximate surface area is 133 Å². The van der Waals surface area contributed by atoms with E-state index in [1.807, 2.05) is 6.92 Å². The monoisotopic (exact) mass is 333 g/mol. The lowest BCUT2D eigenvalue weighted by atomic mass is 9.91. The van der Waals surface area contributed by atoms with E-state index in [1.165, 1.54) is 25.2 Å². The highest BCUT2D eigenvalue weighted by molar-refractivity contribution is 5.79. The summed E-state index contributed by atoms with van der Waals surface area (Å²) in [6.45, 7) is 2.46. The fraction of sp³-hybridized carbons (Fsp3) is 0.733. The highest BCUT2D eigenvalue weighted by Gasteiger charge is 2.38. The minimum atomic E-state index is -4.53. The van der Waals surface area contributed by atoms with E-state index in [9.17, 15) is 18.0 Å². The number of rotatable bonds is 4. The SMILES string of the molecule is CC[C@H]1OCCC[C@@H]1C(=O)N(C)Cc1cn(C)nc1C(F)(F)F. The molecular weight excluding hydrogens is 311 g/mol. The number of amides is 1. The molecule has 1 aromatic rings. The molecule has 0 N–H and O–H groups in total. The van der Waals surface area contributed by atoms with Gasteiger partial charge < -0.3 is 9.64 Å². The summed E-state index contributed by atoms with van der Waals surface area (Å²) in [7, 11) is 2.96. The zero-order valence-electron chi connectivity index (χ0n) is 13.6. The van der Waals surface area contributed by atoms with E-state index in [1.54, 1.807) is 0 Å². The number of alkyl halides is 3. The van der Waals surface area contributed by atoms with Crippen molar-refractivity contribution in [2.24, 2.45) is 13.0 Å². The van der Waals surface area contributed by atoms with Gasteiger partial charge in [0.25, 0.3) is 0 Å². The Hall–Kier alpha value is -1.57. The van der Waals surface area contributed by atoms with E-state index in [-0.39, 0.29) is 30.0 Å². The van der Waals surface area contributed by atoms with Crippen molar-refractivity contribution in [1.29, 1.82) is 0 Å². The van der Waals surface area contributed by atoms with Crippen LogP contribution in [0.5, 0.6) is 0 Å². The first-order valence-electron chi connectivity index (χ1n) is 7.70. The number of carbonyl (C=O) groups excluding carboxylic acids is 1. The van der Waals surface area contributed by atoms with Crippen molar-refractivity contribution in [2.45, 2.75) is 45.0 Å². The van der Waals surface area contributed by atoms with Gasteiger partial charge in [0, 0.05) is 39.0 Å². The Morgan fingerprint density at radius 2 is 2.22 bits per heavy atom. The Balaban J connectivity index is 2.12. The maximum atomic E-state index is 13.0. The lowest BCUT2D eigenvalue weighted by Gasteiger charge is -2.33. The molecule has 0 unspecified atom stereocenters. The van der Waals surface area contributed by atoms with E-state index in [0.29, 0.717) is 19.4 Å². The Morgan fingerprint density at radius 3 is 2.83 bits per heavy atom. The van der Waals surface area contributed by atoms with Crippen molar-refractivity contribution in [3.63, 3.8) is 0 Å². The molecule has 0 saturated carbocycles. The predicted molar refractivity (Wildman–Crippen MR) is 77.4 cm³/mol. The summed E-state index contributed by atoms with van der Waals surface area (Å²) < 4.78 is 45.7. The van der Waals surface area contributed by atoms with Gasteiger partial charge in [0.1, 0.15) is 0 Å². The van der Waals surface area contributed by atoms with Crippen LogP contribution in [0.3, 0.4) is 0 Å². The van der Waals surface area contributed by atoms with Gasteiger partial charge in [0.15, 0.2) is 5.69 Å². The summed E-state index contributed by atoms with van der Waals surface area (Å²) in [6.07, 6.45) is -1.16. The zero-order chi connectivity index (χ0) is 17.2. The van der Waals surface area contributed by atoms with Crippen LogP contribution in [0.4, 0.5) is 13.2 Å². The van der Waals surface area contributed by atoms with Crippen molar-refractivity contribution >= 4 is 5.91 Å². The fourth-order valence-corrected chi connectivity index (χ4v) is 3.03. The smallest absolute Gasteiger partial charge is 0.377 e. The van der Waals surface area contributed by atoms with Crippen molar-refractivity contribution in [3.8, 4) is 0 Å². The number of halogens is 3. The minimum absolute atomic E-state index is 0.000580. The van der Waals surface area contributed by atoms with E-state index in [4.69, 9.17) is 4.74 Å². The van der Waals surface area contributed by atoms with Crippen LogP contribution in [-0.2, 0) is 29.3 Å². The van der Waals surface area contributed by atoms with Gasteiger partial charge in [-0.25, -0.2) is 0 Å². The molecule has 0 aromatic carbocycles. The molecule has 0 radical (unpaired) electrons. The molecule has 1 aliphatic heterocycles. The first kappa shape index (κ1) is 17.8. The average molecular weight is 333 g/mol. The van der Waals surface area contributed by atoms with Gasteiger partial charge in [0.2, 0.25) is 5.91 Å². The summed E-state index contributed by atoms with van der Waals surface area (Å²) in [5.41, 5.74) is -0.938. The second-order valence-electron chi connectivity index (χ2n) is 5.93. The second kappa shape index (κ2) is 6.90. The van der Waals surface area contributed by atoms with Gasteiger partial charge in [-0.3, -0.25) is 9.48 Å². The van der Waals surface area contributed by atoms with Crippen LogP contribution in [-0.4, -0.2) is 40.3 Å². The number of hydrogen-bond donors (Lipinski definition) is 0. The van der Waals surface area contributed by atoms with Crippen LogP contribution in [0.2, 0.25) is 0 Å². The predicted octanol–water partition coefficient (Wildman–Crippen LogP) is 2.60. The molecule has 5 nitrogen and oxygen atoms in total. The van der Waals surface area contributed by atoms with Crippen molar-refractivity contribution in [1.82, 2.24) is 14.7 Å². The molecule has 1 aliphatic rings. The fourth-order valence-electron chi connectivity index (χ4n) is 3.03. The number of hydrogen-bond acceptors (Lipinski definition) is 3. The third-order valence-electron chi connectivity index (χ3n) is 4.12. The normalized spacial score (nSPS) is 22.2. The average Bonchev–Trinajstić information content (AvgIpc) is 2.87. The second-order valence-corrected chi connectivity index (χ2v) is 5.93. The number of nitrogens with zero attached hydrogens (tertiary/aromatic N) is 3. The van der Waals surface area contributed by atoms with Gasteiger partial charge in [-0.1, -0.05) is 6.92 Å². The third-order valence-corrected chi connectivity index (χ3v) is 4.12. The van der Waals surface area contributed by atoms with Crippen LogP contribution >= 0.6 is 0 Å². The van der Waals surface area contributed by atoms with Crippen molar-refractivity contribution in [3.05, 3.63) is 17.5 Å². The maximum absolute atomic E-state index is 13.0. The van der Waals surface area contributed by atoms with Gasteiger partial charge in [0.05, 0.1) is 12.0 Å². The molecule has 1 saturated heterocycles. The largest absolute Gasteiger partial charge is 0.435 e. The third kappa shape index (κ3) is 4.04. The van der Waals surface area contributed by atoms with Gasteiger partial charge >= 0.3 is 6.18 Å². The van der Waals surface area contributed by atoms with E-state index >= 15 is 0 Å². The lowest BCUT2D eigenvalue weighted by Crippen LogP contribution is -2.42. The van der Waals surface area contributed by atoms with Gasteiger partial charge in [-0.15, -0.1) is 0 Å². The molecule has 1 amide bonds. The summed E-state index contributed by atoms with van der Waals surface area (Å²) in [5.74, 6) is -0.460. The highest BCUT2D eigenvalue weighted by atomic mass is 19.4. The molecule has 23 heavy (non-hydrogen) atoms. The topological polar surface area (TPSA) is 47.4 Å². The summed E-state index contributed by atoms with van der Waals surface area (Å²) >= 11 is 0. The number of carbonyl (C=O) groups is 1. The molecule has 130 valence electrons. The number of aryl methyl sites for hydroxylation is 1. The van der Waals surface area contributed by atoms with Crippen molar-refractivity contribution in [2.75, 3.05) is 13.7 Å². The molecule has 0 aliphatic carbocycles. The summed E-state index contributed by atoms with van der Waals surface area (Å²) in [5, 5.41) is 3.47. The van der Waals surface area contributed by atoms with E-state index in [0.717, 1.165) is 11.1 Å². The standard InChI is InChI=1S/C15H22F3N3O2/c1-4-12-11(6-5-7-23-12)14(22)20(2)8-10-9-21(3)19-13(10)15(16,17)18/h9,11-12H,4-8H2,1-3H3/t11-,12+/m0/s1. The summed E-state index contributed by atoms with van der Waals surface area (Å²) in [6, 6.07) is 0. The molecular formula is C15H22F3N3O2. The Kier molecular flexibility index (Phi) is 5.33. The van der Waals surface area contributed by atoms with Crippen LogP contribution in [0.1, 0.15) is 37.4 Å².